The summed E-state index contributed by atoms with van der Waals surface area (Å²) >= 11 is 0. The maximum atomic E-state index is 9.21. The molecule has 2 N–H and O–H groups in total. The third-order valence-electron chi connectivity index (χ3n) is 1.45. The molecule has 3 nitrogen and oxygen atoms in total. The van der Waals surface area contributed by atoms with E-state index in [2.05, 4.69) is 0 Å². The van der Waals surface area contributed by atoms with Gasteiger partial charge in [-0.25, -0.2) is 0 Å². The highest BCUT2D eigenvalue weighted by atomic mass is 16.5. The van der Waals surface area contributed by atoms with Crippen LogP contribution in [0.4, 0.5) is 0 Å². The van der Waals surface area contributed by atoms with Gasteiger partial charge < -0.3 is 15.6 Å². The first kappa shape index (κ1) is 7.88. The van der Waals surface area contributed by atoms with E-state index in [1.54, 1.807) is 12.1 Å². The Kier molecular flexibility index (Phi) is 2.33. The molecule has 60 valence electrons. The molecule has 0 aliphatic carbocycles. The number of phenolic OH excluding ortho intramolecular Hbond substituents is 1. The second-order valence-electron chi connectivity index (χ2n) is 2.18. The van der Waals surface area contributed by atoms with Crippen LogP contribution in [0.3, 0.4) is 0 Å². The van der Waals surface area contributed by atoms with Crippen molar-refractivity contribution in [3.63, 3.8) is 0 Å². The fraction of sp³-hybridized carbons (Fsp3) is 0.250. The average Bonchev–Trinajstić information content (AvgIpc) is 2.04. The van der Waals surface area contributed by atoms with E-state index in [1.807, 2.05) is 0 Å². The van der Waals surface area contributed by atoms with Gasteiger partial charge in [0.25, 0.3) is 0 Å². The highest BCUT2D eigenvalue weighted by Gasteiger charge is 1.98. The van der Waals surface area contributed by atoms with E-state index in [1.165, 1.54) is 13.2 Å². The van der Waals surface area contributed by atoms with Crippen molar-refractivity contribution in [1.29, 1.82) is 0 Å². The summed E-state index contributed by atoms with van der Waals surface area (Å²) in [7, 11) is 1.50. The van der Waals surface area contributed by atoms with Crippen LogP contribution >= 0.6 is 0 Å². The van der Waals surface area contributed by atoms with Crippen LogP contribution in [-0.2, 0) is 6.54 Å². The number of benzene rings is 1. The zero-order valence-corrected chi connectivity index (χ0v) is 6.29. The van der Waals surface area contributed by atoms with E-state index in [0.29, 0.717) is 5.75 Å². The Balaban J connectivity index is 2.99. The van der Waals surface area contributed by atoms with Gasteiger partial charge in [-0.05, 0) is 12.1 Å². The van der Waals surface area contributed by atoms with Crippen LogP contribution in [0.2, 0.25) is 0 Å². The average molecular weight is 152 g/mol. The predicted octanol–water partition coefficient (Wildman–Crippen LogP) is 1.95. The smallest absolute Gasteiger partial charge is 0.160 e. The van der Waals surface area contributed by atoms with Gasteiger partial charge in [-0.15, -0.1) is 6.54 Å². The Labute approximate surface area is 65.4 Å². The highest BCUT2D eigenvalue weighted by Crippen LogP contribution is 2.26. The standard InChI is InChI=1S/C8H10NO2/c1-11-8-3-2-6(5-9)4-7(8)10/h2-4,9-10H,5H2,1H3/q-1. The van der Waals surface area contributed by atoms with Crippen LogP contribution in [0.5, 0.6) is 11.5 Å². The number of hydrogen-bond donors (Lipinski definition) is 1. The number of ether oxygens (including phenoxy) is 1. The lowest BCUT2D eigenvalue weighted by Crippen LogP contribution is -1.85. The topological polar surface area (TPSA) is 53.3 Å². The Bertz CT molecular complexity index is 248. The second kappa shape index (κ2) is 3.25. The van der Waals surface area contributed by atoms with Crippen LogP contribution in [0.25, 0.3) is 5.73 Å². The lowest BCUT2D eigenvalue weighted by Gasteiger charge is -2.06. The first-order chi connectivity index (χ1) is 5.27. The quantitative estimate of drug-likeness (QED) is 0.704. The van der Waals surface area contributed by atoms with E-state index in [9.17, 15) is 5.11 Å². The van der Waals surface area contributed by atoms with E-state index >= 15 is 0 Å². The SMILES string of the molecule is COc1ccc(C[NH-])cc1O. The largest absolute Gasteiger partial charge is 0.674 e. The summed E-state index contributed by atoms with van der Waals surface area (Å²) in [6, 6.07) is 4.94. The maximum absolute atomic E-state index is 9.21. The molecule has 0 aliphatic rings. The minimum absolute atomic E-state index is 0.0947. The molecule has 1 aromatic rings. The van der Waals surface area contributed by atoms with E-state index in [0.717, 1.165) is 5.56 Å². The molecule has 0 fully saturated rings. The Morgan fingerprint density at radius 1 is 1.55 bits per heavy atom. The molecule has 0 aromatic heterocycles. The Morgan fingerprint density at radius 3 is 2.73 bits per heavy atom. The van der Waals surface area contributed by atoms with Gasteiger partial charge in [-0.3, -0.25) is 0 Å². The third kappa shape index (κ3) is 1.62. The number of methoxy groups -OCH3 is 1. The number of hydrogen-bond acceptors (Lipinski definition) is 2. The van der Waals surface area contributed by atoms with E-state index in [-0.39, 0.29) is 12.3 Å². The Hall–Kier alpha value is -1.22. The number of nitrogens with one attached hydrogen (secondary N) is 1. The molecule has 0 saturated carbocycles. The molecule has 3 heteroatoms. The molecule has 0 amide bonds. The molecule has 0 unspecified atom stereocenters. The van der Waals surface area contributed by atoms with Gasteiger partial charge >= 0.3 is 0 Å². The third-order valence-corrected chi connectivity index (χ3v) is 1.45. The molecule has 0 aliphatic heterocycles. The van der Waals surface area contributed by atoms with Gasteiger partial charge in [0.2, 0.25) is 0 Å². The number of rotatable bonds is 2. The van der Waals surface area contributed by atoms with Gasteiger partial charge in [0, 0.05) is 0 Å². The molecule has 0 radical (unpaired) electrons. The zero-order valence-electron chi connectivity index (χ0n) is 6.29. The minimum Gasteiger partial charge on any atom is -0.674 e. The maximum Gasteiger partial charge on any atom is 0.160 e. The molecular formula is C8H10NO2-. The number of aromatic hydroxyl groups is 1. The molecule has 1 rings (SSSR count). The van der Waals surface area contributed by atoms with Gasteiger partial charge in [-0.2, -0.15) is 0 Å². The van der Waals surface area contributed by atoms with Crippen LogP contribution in [-0.4, -0.2) is 12.2 Å². The molecule has 0 atom stereocenters. The molecule has 0 spiro atoms. The van der Waals surface area contributed by atoms with E-state index in [4.69, 9.17) is 10.5 Å². The summed E-state index contributed by atoms with van der Waals surface area (Å²) in [5.41, 5.74) is 7.80. The fourth-order valence-electron chi connectivity index (χ4n) is 0.846. The van der Waals surface area contributed by atoms with E-state index < -0.39 is 0 Å². The fourth-order valence-corrected chi connectivity index (χ4v) is 0.846. The Morgan fingerprint density at radius 2 is 2.27 bits per heavy atom. The molecule has 0 heterocycles. The molecule has 11 heavy (non-hydrogen) atoms. The van der Waals surface area contributed by atoms with Crippen LogP contribution < -0.4 is 4.74 Å². The lowest BCUT2D eigenvalue weighted by atomic mass is 10.2. The summed E-state index contributed by atoms with van der Waals surface area (Å²) in [5.74, 6) is 0.541. The molecule has 0 saturated heterocycles. The molecule has 0 bridgehead atoms. The summed E-state index contributed by atoms with van der Waals surface area (Å²) < 4.78 is 4.83. The normalized spacial score (nSPS) is 9.64. The zero-order chi connectivity index (χ0) is 8.27. The van der Waals surface area contributed by atoms with Gasteiger partial charge in [-0.1, -0.05) is 11.6 Å². The van der Waals surface area contributed by atoms with Crippen molar-refractivity contribution >= 4 is 0 Å². The number of phenols is 1. The van der Waals surface area contributed by atoms with Crippen molar-refractivity contribution < 1.29 is 9.84 Å². The molecule has 1 aromatic carbocycles. The monoisotopic (exact) mass is 152 g/mol. The van der Waals surface area contributed by atoms with Crippen molar-refractivity contribution in [2.75, 3.05) is 7.11 Å². The van der Waals surface area contributed by atoms with Crippen LogP contribution in [0.1, 0.15) is 5.56 Å². The summed E-state index contributed by atoms with van der Waals surface area (Å²) in [6.07, 6.45) is 0. The summed E-state index contributed by atoms with van der Waals surface area (Å²) in [4.78, 5) is 0. The van der Waals surface area contributed by atoms with Crippen molar-refractivity contribution in [2.45, 2.75) is 6.54 Å². The first-order valence-corrected chi connectivity index (χ1v) is 3.28. The van der Waals surface area contributed by atoms with Crippen molar-refractivity contribution in [2.24, 2.45) is 0 Å². The minimum atomic E-state index is 0.0947. The summed E-state index contributed by atoms with van der Waals surface area (Å²) in [6.45, 7) is 0.178. The van der Waals surface area contributed by atoms with Crippen molar-refractivity contribution in [1.82, 2.24) is 0 Å². The molecular weight excluding hydrogens is 142 g/mol. The highest BCUT2D eigenvalue weighted by molar-refractivity contribution is 5.41. The van der Waals surface area contributed by atoms with Crippen LogP contribution in [0.15, 0.2) is 18.2 Å². The lowest BCUT2D eigenvalue weighted by molar-refractivity contribution is 0.373. The predicted molar refractivity (Wildman–Crippen MR) is 42.7 cm³/mol. The van der Waals surface area contributed by atoms with Crippen molar-refractivity contribution in [3.05, 3.63) is 29.5 Å². The summed E-state index contributed by atoms with van der Waals surface area (Å²) in [5, 5.41) is 9.21. The van der Waals surface area contributed by atoms with Crippen molar-refractivity contribution in [3.8, 4) is 11.5 Å². The van der Waals surface area contributed by atoms with Crippen LogP contribution in [0, 0.1) is 0 Å². The van der Waals surface area contributed by atoms with Gasteiger partial charge in [0.1, 0.15) is 0 Å². The van der Waals surface area contributed by atoms with Gasteiger partial charge in [0.15, 0.2) is 11.5 Å². The first-order valence-electron chi connectivity index (χ1n) is 3.28. The van der Waals surface area contributed by atoms with Gasteiger partial charge in [0.05, 0.1) is 7.11 Å². The second-order valence-corrected chi connectivity index (χ2v) is 2.18.